The van der Waals surface area contributed by atoms with Crippen molar-refractivity contribution in [1.82, 2.24) is 21.1 Å². The third-order valence-corrected chi connectivity index (χ3v) is 10.3. The van der Waals surface area contributed by atoms with Gasteiger partial charge in [0.05, 0.1) is 18.2 Å². The molecule has 0 saturated carbocycles. The van der Waals surface area contributed by atoms with Crippen LogP contribution in [0.4, 0.5) is 28.0 Å². The van der Waals surface area contributed by atoms with Crippen molar-refractivity contribution in [3.05, 3.63) is 77.1 Å². The van der Waals surface area contributed by atoms with E-state index in [2.05, 4.69) is 43.1 Å². The zero-order valence-corrected chi connectivity index (χ0v) is 26.9. The number of halogens is 4. The molecule has 2 aromatic carbocycles. The first kappa shape index (κ1) is 33.7. The second kappa shape index (κ2) is 14.1. The van der Waals surface area contributed by atoms with E-state index in [0.717, 1.165) is 56.8 Å². The van der Waals surface area contributed by atoms with Crippen molar-refractivity contribution in [3.63, 3.8) is 0 Å². The Morgan fingerprint density at radius 3 is 2.58 bits per heavy atom. The van der Waals surface area contributed by atoms with Crippen LogP contribution >= 0.6 is 0 Å². The van der Waals surface area contributed by atoms with Gasteiger partial charge in [-0.1, -0.05) is 23.8 Å². The topological polar surface area (TPSA) is 105 Å². The van der Waals surface area contributed by atoms with Crippen molar-refractivity contribution in [3.8, 4) is 6.07 Å². The van der Waals surface area contributed by atoms with Gasteiger partial charge in [-0.25, -0.2) is 14.6 Å². The van der Waals surface area contributed by atoms with Gasteiger partial charge in [-0.2, -0.15) is 18.4 Å². The molecule has 2 bridgehead atoms. The minimum atomic E-state index is -4.48. The van der Waals surface area contributed by atoms with Crippen LogP contribution in [0.3, 0.4) is 0 Å². The SMILES string of the molecule is CNC(=O)O[C@H]1CC2=C[C@@H]1[C@](c1cccc(F)c1)(C1CCN(CC3CN(c4ccc(C#N)cc4)C3)CC1)CN=C(CC(F)(F)F)NNC2. The van der Waals surface area contributed by atoms with Crippen molar-refractivity contribution >= 4 is 17.6 Å². The molecule has 3 heterocycles. The largest absolute Gasteiger partial charge is 0.445 e. The number of piperidine rings is 1. The highest BCUT2D eigenvalue weighted by atomic mass is 19.4. The summed E-state index contributed by atoms with van der Waals surface area (Å²) in [6.07, 6.45) is -3.00. The number of ether oxygens (including phenoxy) is 1. The second-order valence-electron chi connectivity index (χ2n) is 13.3. The summed E-state index contributed by atoms with van der Waals surface area (Å²) in [7, 11) is 1.48. The standard InChI is InChI=1S/C35H41F4N7O2/c1-41-33(47)48-31-14-24-13-30(31)34(27-3-2-4-28(36)15-27,22-42-32(44-43-18-24)16-35(37,38)39)26-9-11-45(12-10-26)19-25-20-46(21-25)29-7-5-23(17-40)6-8-29/h2-8,13,15,25-26,30-31,43H,9-12,14,16,18-22H2,1H3,(H,41,47)(H,42,44)/t30-,31-,34-/m0/s1. The summed E-state index contributed by atoms with van der Waals surface area (Å²) in [4.78, 5) is 21.9. The third kappa shape index (κ3) is 7.45. The van der Waals surface area contributed by atoms with Gasteiger partial charge >= 0.3 is 12.3 Å². The summed E-state index contributed by atoms with van der Waals surface area (Å²) in [6.45, 7) is 4.52. The number of hydrogen-bond donors (Lipinski definition) is 3. The predicted molar refractivity (Wildman–Crippen MR) is 174 cm³/mol. The van der Waals surface area contributed by atoms with Gasteiger partial charge in [0.25, 0.3) is 0 Å². The van der Waals surface area contributed by atoms with Gasteiger partial charge in [0.1, 0.15) is 24.2 Å². The van der Waals surface area contributed by atoms with Gasteiger partial charge in [-0.05, 0) is 73.8 Å². The summed E-state index contributed by atoms with van der Waals surface area (Å²) in [5.74, 6) is -0.702. The molecule has 3 N–H and O–H groups in total. The maximum atomic E-state index is 15.0. The molecule has 4 aliphatic rings. The molecule has 0 spiro atoms. The van der Waals surface area contributed by atoms with Crippen LogP contribution in [-0.2, 0) is 10.2 Å². The zero-order chi connectivity index (χ0) is 33.9. The van der Waals surface area contributed by atoms with E-state index in [0.29, 0.717) is 23.5 Å². The van der Waals surface area contributed by atoms with Crippen LogP contribution in [0.5, 0.6) is 0 Å². The average molecular weight is 668 g/mol. The monoisotopic (exact) mass is 667 g/mol. The number of alkyl carbamates (subject to hydrolysis) is 1. The van der Waals surface area contributed by atoms with Crippen LogP contribution in [0.1, 0.15) is 36.8 Å². The summed E-state index contributed by atoms with van der Waals surface area (Å²) in [6, 6.07) is 16.1. The number of likely N-dealkylation sites (tertiary alicyclic amines) is 1. The van der Waals surface area contributed by atoms with Crippen molar-refractivity contribution in [1.29, 1.82) is 5.26 Å². The molecule has 9 nitrogen and oxygen atoms in total. The molecule has 2 fully saturated rings. The van der Waals surface area contributed by atoms with E-state index in [1.165, 1.54) is 19.2 Å². The number of carbonyl (C=O) groups excluding carboxylic acids is 1. The molecule has 2 aromatic rings. The molecule has 48 heavy (non-hydrogen) atoms. The molecule has 1 amide bonds. The van der Waals surface area contributed by atoms with Crippen molar-refractivity contribution in [2.45, 2.75) is 43.4 Å². The van der Waals surface area contributed by atoms with Crippen LogP contribution < -0.4 is 21.1 Å². The second-order valence-corrected chi connectivity index (χ2v) is 13.3. The Labute approximate surface area is 278 Å². The van der Waals surface area contributed by atoms with Crippen LogP contribution in [0.25, 0.3) is 0 Å². The highest BCUT2D eigenvalue weighted by molar-refractivity contribution is 5.82. The number of amidine groups is 1. The van der Waals surface area contributed by atoms with Crippen molar-refractivity contribution in [2.75, 3.05) is 57.8 Å². The van der Waals surface area contributed by atoms with Gasteiger partial charge in [0.15, 0.2) is 0 Å². The first-order valence-electron chi connectivity index (χ1n) is 16.5. The summed E-state index contributed by atoms with van der Waals surface area (Å²) in [5, 5.41) is 11.6. The first-order valence-corrected chi connectivity index (χ1v) is 16.5. The molecule has 13 heteroatoms. The molecule has 3 atom stereocenters. The number of nitriles is 1. The summed E-state index contributed by atoms with van der Waals surface area (Å²) in [5.41, 5.74) is 7.89. The molecular weight excluding hydrogens is 626 g/mol. The molecule has 1 aliphatic carbocycles. The van der Waals surface area contributed by atoms with Crippen LogP contribution in [-0.4, -0.2) is 82.0 Å². The molecule has 0 radical (unpaired) electrons. The van der Waals surface area contributed by atoms with E-state index < -0.39 is 41.9 Å². The Bertz CT molecular complexity index is 1560. The van der Waals surface area contributed by atoms with Gasteiger partial charge in [0, 0.05) is 62.6 Å². The minimum absolute atomic E-state index is 0.0363. The normalized spacial score (nSPS) is 25.6. The maximum Gasteiger partial charge on any atom is 0.407 e. The number of fused-ring (bicyclic) bond motifs is 1. The van der Waals surface area contributed by atoms with E-state index in [4.69, 9.17) is 10.00 Å². The number of nitrogens with one attached hydrogen (secondary N) is 3. The average Bonchev–Trinajstić information content (AvgIpc) is 3.44. The van der Waals surface area contributed by atoms with Crippen LogP contribution in [0, 0.1) is 34.9 Å². The lowest BCUT2D eigenvalue weighted by atomic mass is 9.59. The number of rotatable bonds is 7. The van der Waals surface area contributed by atoms with Gasteiger partial charge in [-0.3, -0.25) is 4.99 Å². The highest BCUT2D eigenvalue weighted by Gasteiger charge is 2.53. The Balaban J connectivity index is 1.26. The van der Waals surface area contributed by atoms with E-state index in [1.54, 1.807) is 6.07 Å². The number of hydrogen-bond acceptors (Lipinski definition) is 8. The lowest BCUT2D eigenvalue weighted by molar-refractivity contribution is -0.121. The van der Waals surface area contributed by atoms with Crippen LogP contribution in [0.15, 0.2) is 65.2 Å². The maximum absolute atomic E-state index is 15.0. The molecule has 3 aliphatic heterocycles. The van der Waals surface area contributed by atoms with E-state index in [9.17, 15) is 22.4 Å². The Hall–Kier alpha value is -4.15. The Morgan fingerprint density at radius 1 is 1.17 bits per heavy atom. The first-order chi connectivity index (χ1) is 23.1. The van der Waals surface area contributed by atoms with E-state index >= 15 is 0 Å². The van der Waals surface area contributed by atoms with Gasteiger partial charge < -0.3 is 25.3 Å². The highest BCUT2D eigenvalue weighted by Crippen LogP contribution is 2.51. The lowest BCUT2D eigenvalue weighted by Crippen LogP contribution is -2.55. The van der Waals surface area contributed by atoms with Crippen molar-refractivity contribution in [2.24, 2.45) is 22.7 Å². The minimum Gasteiger partial charge on any atom is -0.445 e. The number of anilines is 1. The Morgan fingerprint density at radius 2 is 1.92 bits per heavy atom. The fraction of sp³-hybridized carbons (Fsp3) is 0.514. The van der Waals surface area contributed by atoms with Gasteiger partial charge in [-0.15, -0.1) is 0 Å². The molecule has 0 aromatic heterocycles. The fourth-order valence-electron chi connectivity index (χ4n) is 8.00. The van der Waals surface area contributed by atoms with E-state index in [1.807, 2.05) is 30.3 Å². The zero-order valence-electron chi connectivity index (χ0n) is 26.9. The Kier molecular flexibility index (Phi) is 9.94. The predicted octanol–water partition coefficient (Wildman–Crippen LogP) is 4.91. The number of aliphatic imine (C=N–C) groups is 1. The molecule has 0 unspecified atom stereocenters. The number of amides is 1. The smallest absolute Gasteiger partial charge is 0.407 e. The van der Waals surface area contributed by atoms with E-state index in [-0.39, 0.29) is 24.8 Å². The summed E-state index contributed by atoms with van der Waals surface area (Å²) >= 11 is 0. The quantitative estimate of drug-likeness (QED) is 0.285. The third-order valence-electron chi connectivity index (χ3n) is 10.3. The number of nitrogens with zero attached hydrogens (tertiary/aromatic N) is 4. The number of carbonyl (C=O) groups is 1. The lowest BCUT2D eigenvalue weighted by Gasteiger charge is -2.50. The number of hydrazine groups is 1. The number of benzene rings is 2. The molecule has 6 rings (SSSR count). The molecular formula is C35H41F4N7O2. The molecule has 256 valence electrons. The fourth-order valence-corrected chi connectivity index (χ4v) is 8.00. The van der Waals surface area contributed by atoms with Crippen LogP contribution in [0.2, 0.25) is 0 Å². The van der Waals surface area contributed by atoms with Gasteiger partial charge in [0.2, 0.25) is 0 Å². The summed E-state index contributed by atoms with van der Waals surface area (Å²) < 4.78 is 61.8. The molecule has 2 saturated heterocycles. The number of alkyl halides is 3. The van der Waals surface area contributed by atoms with Crippen molar-refractivity contribution < 1.29 is 27.1 Å².